The van der Waals surface area contributed by atoms with Crippen LogP contribution >= 0.6 is 0 Å². The Morgan fingerprint density at radius 1 is 1.42 bits per heavy atom. The Balaban J connectivity index is 3.50. The molecule has 0 spiro atoms. The number of hydrogen-bond acceptors (Lipinski definition) is 3. The van der Waals surface area contributed by atoms with Crippen molar-refractivity contribution >= 4 is 11.8 Å². The monoisotopic (exact) mass is 172 g/mol. The van der Waals surface area contributed by atoms with E-state index in [2.05, 4.69) is 4.74 Å². The normalized spacial score (nSPS) is 12.2. The zero-order valence-electron chi connectivity index (χ0n) is 7.92. The molecule has 0 heterocycles. The average Bonchev–Trinajstić information content (AvgIpc) is 2.02. The second-order valence-electron chi connectivity index (χ2n) is 3.02. The summed E-state index contributed by atoms with van der Waals surface area (Å²) in [5.41, 5.74) is 0. The first-order chi connectivity index (χ1) is 5.57. The Morgan fingerprint density at radius 3 is 2.42 bits per heavy atom. The van der Waals surface area contributed by atoms with Crippen LogP contribution < -0.4 is 0 Å². The van der Waals surface area contributed by atoms with E-state index in [9.17, 15) is 9.59 Å². The quantitative estimate of drug-likeness (QED) is 0.591. The lowest BCUT2D eigenvalue weighted by Crippen LogP contribution is -2.12. The molecule has 0 N–H and O–H groups in total. The van der Waals surface area contributed by atoms with Crippen molar-refractivity contribution in [1.29, 1.82) is 0 Å². The molecule has 3 heteroatoms. The fourth-order valence-corrected chi connectivity index (χ4v) is 0.976. The van der Waals surface area contributed by atoms with Crippen molar-refractivity contribution in [2.75, 3.05) is 7.11 Å². The Bertz CT molecular complexity index is 163. The van der Waals surface area contributed by atoms with E-state index in [-0.39, 0.29) is 17.7 Å². The first-order valence-electron chi connectivity index (χ1n) is 4.15. The van der Waals surface area contributed by atoms with Gasteiger partial charge in [-0.05, 0) is 19.8 Å². The van der Waals surface area contributed by atoms with Gasteiger partial charge in [0.25, 0.3) is 0 Å². The summed E-state index contributed by atoms with van der Waals surface area (Å²) in [6, 6.07) is 0. The lowest BCUT2D eigenvalue weighted by Gasteiger charge is -2.06. The van der Waals surface area contributed by atoms with Gasteiger partial charge in [-0.2, -0.15) is 0 Å². The molecule has 0 aliphatic heterocycles. The van der Waals surface area contributed by atoms with Crippen LogP contribution in [0.15, 0.2) is 0 Å². The molecule has 0 aliphatic carbocycles. The van der Waals surface area contributed by atoms with Crippen LogP contribution in [0.4, 0.5) is 0 Å². The van der Waals surface area contributed by atoms with Crippen molar-refractivity contribution in [3.8, 4) is 0 Å². The third kappa shape index (κ3) is 4.88. The summed E-state index contributed by atoms with van der Waals surface area (Å²) in [5.74, 6) is -0.111. The van der Waals surface area contributed by atoms with Crippen LogP contribution in [-0.2, 0) is 14.3 Å². The van der Waals surface area contributed by atoms with Crippen LogP contribution in [-0.4, -0.2) is 18.9 Å². The van der Waals surface area contributed by atoms with Crippen molar-refractivity contribution in [3.05, 3.63) is 0 Å². The molecule has 0 aromatic heterocycles. The third-order valence-corrected chi connectivity index (χ3v) is 1.77. The van der Waals surface area contributed by atoms with E-state index in [0.29, 0.717) is 6.42 Å². The topological polar surface area (TPSA) is 43.4 Å². The molecular weight excluding hydrogens is 156 g/mol. The number of ketones is 1. The Morgan fingerprint density at radius 2 is 2.00 bits per heavy atom. The van der Waals surface area contributed by atoms with E-state index in [4.69, 9.17) is 0 Å². The van der Waals surface area contributed by atoms with Gasteiger partial charge in [0.15, 0.2) is 0 Å². The molecule has 0 saturated carbocycles. The van der Waals surface area contributed by atoms with E-state index >= 15 is 0 Å². The number of ether oxygens (including phenoxy) is 1. The van der Waals surface area contributed by atoms with Crippen LogP contribution in [0, 0.1) is 5.92 Å². The van der Waals surface area contributed by atoms with Crippen LogP contribution in [0.1, 0.15) is 33.1 Å². The Kier molecular flexibility index (Phi) is 5.34. The standard InChI is InChI=1S/C9H16O3/c1-7(9(11)12-3)5-4-6-8(2)10/h7H,4-6H2,1-3H3/t7-/m0/s1. The SMILES string of the molecule is COC(=O)[C@@H](C)CCCC(C)=O. The summed E-state index contributed by atoms with van der Waals surface area (Å²) in [5, 5.41) is 0. The van der Waals surface area contributed by atoms with E-state index in [1.54, 1.807) is 6.92 Å². The molecule has 0 aromatic carbocycles. The van der Waals surface area contributed by atoms with Gasteiger partial charge in [0.05, 0.1) is 13.0 Å². The molecule has 0 aliphatic rings. The maximum atomic E-state index is 10.9. The fourth-order valence-electron chi connectivity index (χ4n) is 0.976. The number of carbonyl (C=O) groups is 2. The van der Waals surface area contributed by atoms with Gasteiger partial charge in [-0.15, -0.1) is 0 Å². The molecule has 0 bridgehead atoms. The molecule has 0 fully saturated rings. The van der Waals surface area contributed by atoms with Crippen LogP contribution in [0.5, 0.6) is 0 Å². The highest BCUT2D eigenvalue weighted by atomic mass is 16.5. The van der Waals surface area contributed by atoms with E-state index in [1.807, 2.05) is 6.92 Å². The molecule has 0 aromatic rings. The molecule has 0 unspecified atom stereocenters. The van der Waals surface area contributed by atoms with Gasteiger partial charge in [-0.3, -0.25) is 4.79 Å². The van der Waals surface area contributed by atoms with Crippen LogP contribution in [0.25, 0.3) is 0 Å². The van der Waals surface area contributed by atoms with Gasteiger partial charge >= 0.3 is 5.97 Å². The zero-order chi connectivity index (χ0) is 9.56. The van der Waals surface area contributed by atoms with Crippen molar-refractivity contribution in [2.45, 2.75) is 33.1 Å². The van der Waals surface area contributed by atoms with Gasteiger partial charge < -0.3 is 9.53 Å². The van der Waals surface area contributed by atoms with Gasteiger partial charge in [0, 0.05) is 6.42 Å². The number of Topliss-reactive ketones (excluding diaryl/α,β-unsaturated/α-hetero) is 1. The van der Waals surface area contributed by atoms with E-state index < -0.39 is 0 Å². The van der Waals surface area contributed by atoms with Crippen molar-refractivity contribution < 1.29 is 14.3 Å². The fraction of sp³-hybridized carbons (Fsp3) is 0.778. The van der Waals surface area contributed by atoms with E-state index in [1.165, 1.54) is 7.11 Å². The minimum absolute atomic E-state index is 0.0886. The van der Waals surface area contributed by atoms with Crippen molar-refractivity contribution in [3.63, 3.8) is 0 Å². The predicted molar refractivity (Wildman–Crippen MR) is 45.7 cm³/mol. The lowest BCUT2D eigenvalue weighted by atomic mass is 10.0. The highest BCUT2D eigenvalue weighted by Gasteiger charge is 2.12. The zero-order valence-corrected chi connectivity index (χ0v) is 7.92. The molecule has 70 valence electrons. The summed E-state index contributed by atoms with van der Waals surface area (Å²) in [7, 11) is 1.38. The highest BCUT2D eigenvalue weighted by molar-refractivity contribution is 5.75. The largest absolute Gasteiger partial charge is 0.469 e. The number of rotatable bonds is 5. The molecule has 0 rings (SSSR count). The predicted octanol–water partition coefficient (Wildman–Crippen LogP) is 1.55. The Hall–Kier alpha value is -0.860. The first kappa shape index (κ1) is 11.1. The van der Waals surface area contributed by atoms with Crippen LogP contribution in [0.3, 0.4) is 0 Å². The highest BCUT2D eigenvalue weighted by Crippen LogP contribution is 2.09. The van der Waals surface area contributed by atoms with E-state index in [0.717, 1.165) is 12.8 Å². The minimum atomic E-state index is -0.196. The van der Waals surface area contributed by atoms with Crippen molar-refractivity contribution in [2.24, 2.45) is 5.92 Å². The van der Waals surface area contributed by atoms with Gasteiger partial charge in [-0.25, -0.2) is 0 Å². The van der Waals surface area contributed by atoms with Crippen LogP contribution in [0.2, 0.25) is 0 Å². The second kappa shape index (κ2) is 5.75. The molecule has 0 saturated heterocycles. The average molecular weight is 172 g/mol. The summed E-state index contributed by atoms with van der Waals surface area (Å²) >= 11 is 0. The summed E-state index contributed by atoms with van der Waals surface area (Å²) in [6.45, 7) is 3.37. The maximum absolute atomic E-state index is 10.9. The first-order valence-corrected chi connectivity index (χ1v) is 4.15. The number of hydrogen-bond donors (Lipinski definition) is 0. The third-order valence-electron chi connectivity index (χ3n) is 1.77. The minimum Gasteiger partial charge on any atom is -0.469 e. The molecule has 12 heavy (non-hydrogen) atoms. The van der Waals surface area contributed by atoms with Crippen molar-refractivity contribution in [1.82, 2.24) is 0 Å². The number of methoxy groups -OCH3 is 1. The molecule has 0 amide bonds. The Labute approximate surface area is 73.1 Å². The van der Waals surface area contributed by atoms with Gasteiger partial charge in [-0.1, -0.05) is 6.92 Å². The molecule has 3 nitrogen and oxygen atoms in total. The van der Waals surface area contributed by atoms with Gasteiger partial charge in [0.1, 0.15) is 5.78 Å². The molecule has 0 radical (unpaired) electrons. The summed E-state index contributed by atoms with van der Waals surface area (Å²) in [6.07, 6.45) is 2.05. The maximum Gasteiger partial charge on any atom is 0.308 e. The molecular formula is C9H16O3. The molecule has 1 atom stereocenters. The lowest BCUT2D eigenvalue weighted by molar-refractivity contribution is -0.145. The summed E-state index contributed by atoms with van der Waals surface area (Å²) in [4.78, 5) is 21.4. The van der Waals surface area contributed by atoms with Gasteiger partial charge in [0.2, 0.25) is 0 Å². The second-order valence-corrected chi connectivity index (χ2v) is 3.02. The smallest absolute Gasteiger partial charge is 0.308 e. The number of esters is 1. The number of carbonyl (C=O) groups excluding carboxylic acids is 2. The summed E-state index contributed by atoms with van der Waals surface area (Å²) < 4.78 is 4.55.